The van der Waals surface area contributed by atoms with Crippen LogP contribution < -0.4 is 15.4 Å². The van der Waals surface area contributed by atoms with Crippen LogP contribution in [0.1, 0.15) is 16.1 Å². The summed E-state index contributed by atoms with van der Waals surface area (Å²) in [6.07, 6.45) is 0. The number of nitrogens with zero attached hydrogens (tertiary/aromatic N) is 1. The summed E-state index contributed by atoms with van der Waals surface area (Å²) in [6, 6.07) is 9.21. The van der Waals surface area contributed by atoms with Crippen LogP contribution in [0.4, 0.5) is 5.82 Å². The molecule has 100 valence electrons. The number of nitrogens with one attached hydrogen (secondary N) is 3. The van der Waals surface area contributed by atoms with Crippen LogP contribution in [0.5, 0.6) is 5.75 Å². The molecule has 19 heavy (non-hydrogen) atoms. The average molecular weight is 260 g/mol. The van der Waals surface area contributed by atoms with E-state index < -0.39 is 0 Å². The molecule has 2 rings (SSSR count). The SMILES string of the molecule is CNc1cc(C(=O)NCc2ccccc2OC)[nH]n1. The highest BCUT2D eigenvalue weighted by molar-refractivity contribution is 5.92. The Kier molecular flexibility index (Phi) is 4.02. The number of carbonyl (C=O) groups is 1. The Morgan fingerprint density at radius 1 is 1.42 bits per heavy atom. The highest BCUT2D eigenvalue weighted by atomic mass is 16.5. The summed E-state index contributed by atoms with van der Waals surface area (Å²) < 4.78 is 5.22. The first-order valence-corrected chi connectivity index (χ1v) is 5.88. The van der Waals surface area contributed by atoms with Crippen LogP contribution in [0, 0.1) is 0 Å². The molecule has 0 saturated carbocycles. The van der Waals surface area contributed by atoms with E-state index in [1.54, 1.807) is 20.2 Å². The van der Waals surface area contributed by atoms with E-state index in [4.69, 9.17) is 4.74 Å². The average Bonchev–Trinajstić information content (AvgIpc) is 2.94. The molecule has 0 saturated heterocycles. The number of aromatic nitrogens is 2. The van der Waals surface area contributed by atoms with Crippen molar-refractivity contribution < 1.29 is 9.53 Å². The van der Waals surface area contributed by atoms with Gasteiger partial charge in [-0.25, -0.2) is 0 Å². The van der Waals surface area contributed by atoms with Gasteiger partial charge in [0.25, 0.3) is 5.91 Å². The topological polar surface area (TPSA) is 79.0 Å². The highest BCUT2D eigenvalue weighted by Gasteiger charge is 2.10. The number of ether oxygens (including phenoxy) is 1. The van der Waals surface area contributed by atoms with E-state index in [2.05, 4.69) is 20.8 Å². The monoisotopic (exact) mass is 260 g/mol. The fourth-order valence-electron chi connectivity index (χ4n) is 1.69. The van der Waals surface area contributed by atoms with Gasteiger partial charge in [-0.15, -0.1) is 0 Å². The Morgan fingerprint density at radius 2 is 2.21 bits per heavy atom. The Balaban J connectivity index is 2.00. The number of methoxy groups -OCH3 is 1. The summed E-state index contributed by atoms with van der Waals surface area (Å²) in [5.74, 6) is 1.17. The van der Waals surface area contributed by atoms with Gasteiger partial charge in [-0.05, 0) is 6.07 Å². The maximum absolute atomic E-state index is 11.9. The van der Waals surface area contributed by atoms with Gasteiger partial charge >= 0.3 is 0 Å². The molecule has 0 aliphatic carbocycles. The van der Waals surface area contributed by atoms with Gasteiger partial charge in [-0.3, -0.25) is 9.89 Å². The van der Waals surface area contributed by atoms with Gasteiger partial charge < -0.3 is 15.4 Å². The van der Waals surface area contributed by atoms with Crippen molar-refractivity contribution in [1.29, 1.82) is 0 Å². The van der Waals surface area contributed by atoms with Crippen LogP contribution in [0.3, 0.4) is 0 Å². The van der Waals surface area contributed by atoms with E-state index in [1.165, 1.54) is 0 Å². The second-order valence-corrected chi connectivity index (χ2v) is 3.91. The Morgan fingerprint density at radius 3 is 2.89 bits per heavy atom. The number of hydrogen-bond acceptors (Lipinski definition) is 4. The molecule has 2 aromatic rings. The van der Waals surface area contributed by atoms with E-state index in [9.17, 15) is 4.79 Å². The summed E-state index contributed by atoms with van der Waals surface area (Å²) >= 11 is 0. The lowest BCUT2D eigenvalue weighted by Gasteiger charge is -2.08. The highest BCUT2D eigenvalue weighted by Crippen LogP contribution is 2.16. The summed E-state index contributed by atoms with van der Waals surface area (Å²) in [5.41, 5.74) is 1.34. The molecule has 0 fully saturated rings. The van der Waals surface area contributed by atoms with E-state index in [-0.39, 0.29) is 5.91 Å². The summed E-state index contributed by atoms with van der Waals surface area (Å²) in [6.45, 7) is 0.400. The lowest BCUT2D eigenvalue weighted by Crippen LogP contribution is -2.23. The molecule has 0 aliphatic rings. The lowest BCUT2D eigenvalue weighted by molar-refractivity contribution is 0.0945. The summed E-state index contributed by atoms with van der Waals surface area (Å²) in [7, 11) is 3.35. The number of hydrogen-bond donors (Lipinski definition) is 3. The summed E-state index contributed by atoms with van der Waals surface area (Å²) in [5, 5.41) is 12.2. The molecule has 1 heterocycles. The second kappa shape index (κ2) is 5.90. The third kappa shape index (κ3) is 3.04. The van der Waals surface area contributed by atoms with E-state index in [0.29, 0.717) is 18.1 Å². The van der Waals surface area contributed by atoms with Crippen molar-refractivity contribution in [2.45, 2.75) is 6.54 Å². The first-order chi connectivity index (χ1) is 9.24. The van der Waals surface area contributed by atoms with Crippen molar-refractivity contribution in [3.05, 3.63) is 41.6 Å². The molecule has 6 heteroatoms. The van der Waals surface area contributed by atoms with Crippen LogP contribution in [0.15, 0.2) is 30.3 Å². The predicted molar refractivity (Wildman–Crippen MR) is 72.3 cm³/mol. The number of benzene rings is 1. The molecular formula is C13H16N4O2. The van der Waals surface area contributed by atoms with Crippen molar-refractivity contribution in [3.8, 4) is 5.75 Å². The first kappa shape index (κ1) is 12.9. The lowest BCUT2D eigenvalue weighted by atomic mass is 10.2. The van der Waals surface area contributed by atoms with Crippen molar-refractivity contribution in [2.24, 2.45) is 0 Å². The van der Waals surface area contributed by atoms with Crippen LogP contribution in [-0.4, -0.2) is 30.3 Å². The predicted octanol–water partition coefficient (Wildman–Crippen LogP) is 1.39. The largest absolute Gasteiger partial charge is 0.496 e. The van der Waals surface area contributed by atoms with Crippen molar-refractivity contribution in [3.63, 3.8) is 0 Å². The molecule has 0 atom stereocenters. The first-order valence-electron chi connectivity index (χ1n) is 5.88. The van der Waals surface area contributed by atoms with Gasteiger partial charge in [0.1, 0.15) is 17.3 Å². The Hall–Kier alpha value is -2.50. The van der Waals surface area contributed by atoms with Gasteiger partial charge in [-0.1, -0.05) is 18.2 Å². The number of H-pyrrole nitrogens is 1. The normalized spacial score (nSPS) is 10.0. The van der Waals surface area contributed by atoms with Crippen molar-refractivity contribution >= 4 is 11.7 Å². The van der Waals surface area contributed by atoms with Gasteiger partial charge in [0.2, 0.25) is 0 Å². The summed E-state index contributed by atoms with van der Waals surface area (Å²) in [4.78, 5) is 11.9. The van der Waals surface area contributed by atoms with Crippen LogP contribution >= 0.6 is 0 Å². The standard InChI is InChI=1S/C13H16N4O2/c1-14-12-7-10(16-17-12)13(18)15-8-9-5-3-4-6-11(9)19-2/h3-7H,8H2,1-2H3,(H,15,18)(H2,14,16,17). The minimum atomic E-state index is -0.208. The van der Waals surface area contributed by atoms with Gasteiger partial charge in [0.05, 0.1) is 7.11 Å². The van der Waals surface area contributed by atoms with Gasteiger partial charge in [0.15, 0.2) is 0 Å². The molecule has 6 nitrogen and oxygen atoms in total. The molecule has 1 aromatic carbocycles. The molecular weight excluding hydrogens is 244 g/mol. The van der Waals surface area contributed by atoms with Gasteiger partial charge in [0, 0.05) is 25.2 Å². The van der Waals surface area contributed by atoms with Crippen molar-refractivity contribution in [1.82, 2.24) is 15.5 Å². The molecule has 0 spiro atoms. The number of carbonyl (C=O) groups excluding carboxylic acids is 1. The quantitative estimate of drug-likeness (QED) is 0.759. The fraction of sp³-hybridized carbons (Fsp3) is 0.231. The van der Waals surface area contributed by atoms with Crippen molar-refractivity contribution in [2.75, 3.05) is 19.5 Å². The van der Waals surface area contributed by atoms with Crippen LogP contribution in [0.25, 0.3) is 0 Å². The molecule has 3 N–H and O–H groups in total. The molecule has 0 radical (unpaired) electrons. The maximum atomic E-state index is 11.9. The number of aromatic amines is 1. The number of anilines is 1. The minimum Gasteiger partial charge on any atom is -0.496 e. The minimum absolute atomic E-state index is 0.208. The second-order valence-electron chi connectivity index (χ2n) is 3.91. The zero-order valence-electron chi connectivity index (χ0n) is 10.9. The van der Waals surface area contributed by atoms with Gasteiger partial charge in [-0.2, -0.15) is 5.10 Å². The Labute approximate surface area is 111 Å². The van der Waals surface area contributed by atoms with E-state index in [0.717, 1.165) is 11.3 Å². The third-order valence-corrected chi connectivity index (χ3v) is 2.71. The third-order valence-electron chi connectivity index (χ3n) is 2.71. The van der Waals surface area contributed by atoms with Crippen LogP contribution in [0.2, 0.25) is 0 Å². The maximum Gasteiger partial charge on any atom is 0.269 e. The molecule has 1 amide bonds. The fourth-order valence-corrected chi connectivity index (χ4v) is 1.69. The molecule has 0 aliphatic heterocycles. The number of rotatable bonds is 5. The number of para-hydroxylation sites is 1. The smallest absolute Gasteiger partial charge is 0.269 e. The zero-order valence-corrected chi connectivity index (χ0v) is 10.9. The molecule has 1 aromatic heterocycles. The number of amides is 1. The zero-order chi connectivity index (χ0) is 13.7. The molecule has 0 bridgehead atoms. The molecule has 0 unspecified atom stereocenters. The Bertz CT molecular complexity index is 565. The van der Waals surface area contributed by atoms with Crippen LogP contribution in [-0.2, 0) is 6.54 Å². The van der Waals surface area contributed by atoms with E-state index >= 15 is 0 Å². The van der Waals surface area contributed by atoms with E-state index in [1.807, 2.05) is 24.3 Å².